The molecule has 0 bridgehead atoms. The lowest BCUT2D eigenvalue weighted by Crippen LogP contribution is -2.33. The van der Waals surface area contributed by atoms with E-state index in [2.05, 4.69) is 5.32 Å². The summed E-state index contributed by atoms with van der Waals surface area (Å²) < 4.78 is 5.17. The van der Waals surface area contributed by atoms with Crippen LogP contribution in [0, 0.1) is 0 Å². The van der Waals surface area contributed by atoms with Gasteiger partial charge in [-0.2, -0.15) is 0 Å². The standard InChI is InChI=1S/C13H17NO4/c1-8(13(16)17)14-7-11-6-10(9(2)15)4-5-12(11)18-3/h4-6,8,14H,7H2,1-3H3,(H,16,17)/t8-/m1/s1. The van der Waals surface area contributed by atoms with Gasteiger partial charge >= 0.3 is 5.97 Å². The van der Waals surface area contributed by atoms with Crippen LogP contribution in [0.15, 0.2) is 18.2 Å². The Labute approximate surface area is 106 Å². The molecule has 0 aliphatic carbocycles. The lowest BCUT2D eigenvalue weighted by molar-refractivity contribution is -0.139. The normalized spacial score (nSPS) is 11.9. The van der Waals surface area contributed by atoms with Crippen molar-refractivity contribution in [1.82, 2.24) is 5.32 Å². The van der Waals surface area contributed by atoms with Gasteiger partial charge in [0, 0.05) is 17.7 Å². The van der Waals surface area contributed by atoms with Crippen molar-refractivity contribution < 1.29 is 19.4 Å². The SMILES string of the molecule is COc1ccc(C(C)=O)cc1CN[C@H](C)C(=O)O. The lowest BCUT2D eigenvalue weighted by Gasteiger charge is -2.13. The zero-order chi connectivity index (χ0) is 13.7. The summed E-state index contributed by atoms with van der Waals surface area (Å²) in [4.78, 5) is 22.0. The molecule has 1 aromatic carbocycles. The molecule has 0 heterocycles. The van der Waals surface area contributed by atoms with Gasteiger partial charge in [0.05, 0.1) is 7.11 Å². The maximum Gasteiger partial charge on any atom is 0.320 e. The van der Waals surface area contributed by atoms with E-state index in [1.54, 1.807) is 25.1 Å². The van der Waals surface area contributed by atoms with E-state index >= 15 is 0 Å². The Hall–Kier alpha value is -1.88. The number of carbonyl (C=O) groups is 2. The van der Waals surface area contributed by atoms with Crippen LogP contribution in [-0.4, -0.2) is 30.0 Å². The largest absolute Gasteiger partial charge is 0.496 e. The fourth-order valence-corrected chi connectivity index (χ4v) is 1.49. The van der Waals surface area contributed by atoms with E-state index in [0.29, 0.717) is 17.9 Å². The number of ketones is 1. The van der Waals surface area contributed by atoms with Gasteiger partial charge in [-0.25, -0.2) is 0 Å². The first kappa shape index (κ1) is 14.2. The van der Waals surface area contributed by atoms with Gasteiger partial charge in [-0.05, 0) is 32.0 Å². The van der Waals surface area contributed by atoms with E-state index in [9.17, 15) is 9.59 Å². The molecule has 18 heavy (non-hydrogen) atoms. The van der Waals surface area contributed by atoms with Gasteiger partial charge in [0.2, 0.25) is 0 Å². The molecular weight excluding hydrogens is 234 g/mol. The summed E-state index contributed by atoms with van der Waals surface area (Å²) in [7, 11) is 1.53. The molecule has 2 N–H and O–H groups in total. The first-order valence-electron chi connectivity index (χ1n) is 5.59. The monoisotopic (exact) mass is 251 g/mol. The number of methoxy groups -OCH3 is 1. The van der Waals surface area contributed by atoms with E-state index in [1.165, 1.54) is 14.0 Å². The van der Waals surface area contributed by atoms with Crippen LogP contribution in [0.2, 0.25) is 0 Å². The zero-order valence-electron chi connectivity index (χ0n) is 10.7. The first-order chi connectivity index (χ1) is 8.45. The van der Waals surface area contributed by atoms with Crippen molar-refractivity contribution in [2.75, 3.05) is 7.11 Å². The number of hydrogen-bond donors (Lipinski definition) is 2. The molecule has 0 aromatic heterocycles. The minimum Gasteiger partial charge on any atom is -0.496 e. The quantitative estimate of drug-likeness (QED) is 0.749. The third kappa shape index (κ3) is 3.56. The minimum absolute atomic E-state index is 0.0369. The molecule has 1 atom stereocenters. The van der Waals surface area contributed by atoms with Crippen molar-refractivity contribution >= 4 is 11.8 Å². The smallest absolute Gasteiger partial charge is 0.320 e. The van der Waals surface area contributed by atoms with E-state index in [1.807, 2.05) is 0 Å². The molecule has 0 spiro atoms. The summed E-state index contributed by atoms with van der Waals surface area (Å²) in [5, 5.41) is 11.6. The van der Waals surface area contributed by atoms with Crippen LogP contribution in [0.25, 0.3) is 0 Å². The molecule has 0 aliphatic rings. The Bertz CT molecular complexity index is 456. The number of hydrogen-bond acceptors (Lipinski definition) is 4. The number of aliphatic carboxylic acids is 1. The molecule has 0 saturated carbocycles. The molecule has 0 fully saturated rings. The average Bonchev–Trinajstić information content (AvgIpc) is 2.35. The molecule has 1 rings (SSSR count). The third-order valence-corrected chi connectivity index (χ3v) is 2.66. The van der Waals surface area contributed by atoms with Gasteiger partial charge in [-0.1, -0.05) is 0 Å². The van der Waals surface area contributed by atoms with Gasteiger partial charge in [0.1, 0.15) is 11.8 Å². The number of Topliss-reactive ketones (excluding diaryl/α,β-unsaturated/α-hetero) is 1. The second-order valence-electron chi connectivity index (χ2n) is 4.02. The predicted octanol–water partition coefficient (Wildman–Crippen LogP) is 1.46. The number of carboxylic acid groups (broad SMARTS) is 1. The fourth-order valence-electron chi connectivity index (χ4n) is 1.49. The molecule has 5 nitrogen and oxygen atoms in total. The first-order valence-corrected chi connectivity index (χ1v) is 5.59. The number of rotatable bonds is 6. The van der Waals surface area contributed by atoms with Crippen molar-refractivity contribution in [1.29, 1.82) is 0 Å². The minimum atomic E-state index is -0.920. The summed E-state index contributed by atoms with van der Waals surface area (Å²) in [6.45, 7) is 3.38. The Morgan fingerprint density at radius 2 is 2.11 bits per heavy atom. The topological polar surface area (TPSA) is 75.6 Å². The van der Waals surface area contributed by atoms with E-state index in [-0.39, 0.29) is 5.78 Å². The molecule has 0 saturated heterocycles. The highest BCUT2D eigenvalue weighted by molar-refractivity contribution is 5.94. The van der Waals surface area contributed by atoms with Crippen molar-refractivity contribution in [3.8, 4) is 5.75 Å². The molecule has 5 heteroatoms. The third-order valence-electron chi connectivity index (χ3n) is 2.66. The maximum absolute atomic E-state index is 11.3. The van der Waals surface area contributed by atoms with Gasteiger partial charge in [0.15, 0.2) is 5.78 Å². The number of nitrogens with one attached hydrogen (secondary N) is 1. The van der Waals surface area contributed by atoms with E-state index < -0.39 is 12.0 Å². The van der Waals surface area contributed by atoms with Crippen LogP contribution in [0.5, 0.6) is 5.75 Å². The van der Waals surface area contributed by atoms with Gasteiger partial charge in [0.25, 0.3) is 0 Å². The van der Waals surface area contributed by atoms with Gasteiger partial charge < -0.3 is 15.2 Å². The summed E-state index contributed by atoms with van der Waals surface area (Å²) in [6, 6.07) is 4.45. The van der Waals surface area contributed by atoms with Gasteiger partial charge in [-0.3, -0.25) is 9.59 Å². The highest BCUT2D eigenvalue weighted by atomic mass is 16.5. The van der Waals surface area contributed by atoms with Crippen LogP contribution < -0.4 is 10.1 Å². The van der Waals surface area contributed by atoms with Crippen LogP contribution in [0.4, 0.5) is 0 Å². The molecule has 1 aromatic rings. The van der Waals surface area contributed by atoms with Gasteiger partial charge in [-0.15, -0.1) is 0 Å². The predicted molar refractivity (Wildman–Crippen MR) is 66.9 cm³/mol. The number of ether oxygens (including phenoxy) is 1. The molecular formula is C13H17NO4. The Kier molecular flexibility index (Phi) is 4.85. The van der Waals surface area contributed by atoms with Crippen LogP contribution >= 0.6 is 0 Å². The molecule has 0 radical (unpaired) electrons. The molecule has 98 valence electrons. The van der Waals surface area contributed by atoms with Crippen molar-refractivity contribution in [2.24, 2.45) is 0 Å². The zero-order valence-corrected chi connectivity index (χ0v) is 10.7. The second-order valence-corrected chi connectivity index (χ2v) is 4.02. The Morgan fingerprint density at radius 1 is 1.44 bits per heavy atom. The van der Waals surface area contributed by atoms with Crippen molar-refractivity contribution in [2.45, 2.75) is 26.4 Å². The number of carboxylic acids is 1. The molecule has 0 unspecified atom stereocenters. The van der Waals surface area contributed by atoms with Crippen molar-refractivity contribution in [3.63, 3.8) is 0 Å². The summed E-state index contributed by atoms with van der Waals surface area (Å²) in [5.74, 6) is -0.327. The van der Waals surface area contributed by atoms with Crippen LogP contribution in [0.3, 0.4) is 0 Å². The van der Waals surface area contributed by atoms with Crippen molar-refractivity contribution in [3.05, 3.63) is 29.3 Å². The fraction of sp³-hybridized carbons (Fsp3) is 0.385. The Balaban J connectivity index is 2.88. The Morgan fingerprint density at radius 3 is 2.61 bits per heavy atom. The molecule has 0 aliphatic heterocycles. The average molecular weight is 251 g/mol. The number of benzene rings is 1. The summed E-state index contributed by atoms with van der Waals surface area (Å²) >= 11 is 0. The highest BCUT2D eigenvalue weighted by Gasteiger charge is 2.12. The highest BCUT2D eigenvalue weighted by Crippen LogP contribution is 2.20. The van der Waals surface area contributed by atoms with E-state index in [0.717, 1.165) is 5.56 Å². The maximum atomic E-state index is 11.3. The van der Waals surface area contributed by atoms with Crippen LogP contribution in [-0.2, 0) is 11.3 Å². The molecule has 0 amide bonds. The van der Waals surface area contributed by atoms with Crippen LogP contribution in [0.1, 0.15) is 29.8 Å². The second kappa shape index (κ2) is 6.16. The summed E-state index contributed by atoms with van der Waals surface area (Å²) in [6.07, 6.45) is 0. The number of carbonyl (C=O) groups excluding carboxylic acids is 1. The van der Waals surface area contributed by atoms with E-state index in [4.69, 9.17) is 9.84 Å². The lowest BCUT2D eigenvalue weighted by atomic mass is 10.1. The summed E-state index contributed by atoms with van der Waals surface area (Å²) in [5.41, 5.74) is 1.34.